The highest BCUT2D eigenvalue weighted by Crippen LogP contribution is 2.24. The molecule has 1 aromatic heterocycles. The minimum absolute atomic E-state index is 0.0181. The number of nitrogens with zero attached hydrogens (tertiary/aromatic N) is 1. The van der Waals surface area contributed by atoms with Gasteiger partial charge in [0, 0.05) is 0 Å². The lowest BCUT2D eigenvalue weighted by atomic mass is 10.2. The Morgan fingerprint density at radius 2 is 1.95 bits per heavy atom. The van der Waals surface area contributed by atoms with E-state index >= 15 is 0 Å². The van der Waals surface area contributed by atoms with Crippen molar-refractivity contribution < 1.29 is 9.90 Å². The molecule has 0 bridgehead atoms. The average molecular weight is 306 g/mol. The summed E-state index contributed by atoms with van der Waals surface area (Å²) in [6, 6.07) is 11.8. The van der Waals surface area contributed by atoms with Crippen LogP contribution in [0.1, 0.15) is 10.4 Å². The summed E-state index contributed by atoms with van der Waals surface area (Å²) >= 11 is 7.23. The Hall–Kier alpha value is -2.11. The Labute approximate surface area is 122 Å². The molecule has 0 saturated heterocycles. The van der Waals surface area contributed by atoms with Gasteiger partial charge in [0.15, 0.2) is 0 Å². The first-order valence-corrected chi connectivity index (χ1v) is 6.87. The van der Waals surface area contributed by atoms with Crippen molar-refractivity contribution in [1.82, 2.24) is 3.96 Å². The van der Waals surface area contributed by atoms with Gasteiger partial charge in [0.05, 0.1) is 26.4 Å². The molecule has 20 heavy (non-hydrogen) atoms. The number of aromatic nitrogens is 1. The summed E-state index contributed by atoms with van der Waals surface area (Å²) in [7, 11) is 0. The largest absolute Gasteiger partial charge is 0.478 e. The van der Waals surface area contributed by atoms with E-state index in [-0.39, 0.29) is 16.1 Å². The second-order valence-electron chi connectivity index (χ2n) is 4.16. The van der Waals surface area contributed by atoms with Crippen LogP contribution in [0.2, 0.25) is 5.02 Å². The molecular formula is C14H8ClNO3S. The Balaban J connectivity index is 2.21. The van der Waals surface area contributed by atoms with Gasteiger partial charge in [0.2, 0.25) is 0 Å². The molecule has 1 N–H and O–H groups in total. The van der Waals surface area contributed by atoms with Crippen LogP contribution in [-0.2, 0) is 0 Å². The molecule has 6 heteroatoms. The van der Waals surface area contributed by atoms with E-state index in [1.54, 1.807) is 18.2 Å². The maximum Gasteiger partial charge on any atom is 0.337 e. The Morgan fingerprint density at radius 1 is 1.20 bits per heavy atom. The van der Waals surface area contributed by atoms with E-state index in [2.05, 4.69) is 0 Å². The van der Waals surface area contributed by atoms with Gasteiger partial charge in [-0.3, -0.25) is 4.79 Å². The summed E-state index contributed by atoms with van der Waals surface area (Å²) in [5.74, 6) is -1.09. The minimum Gasteiger partial charge on any atom is -0.478 e. The maximum atomic E-state index is 12.3. The first-order chi connectivity index (χ1) is 9.58. The Bertz CT molecular complexity index is 882. The number of aromatic carboxylic acids is 1. The molecule has 4 nitrogen and oxygen atoms in total. The minimum atomic E-state index is -1.09. The van der Waals surface area contributed by atoms with Gasteiger partial charge in [-0.25, -0.2) is 8.75 Å². The highest BCUT2D eigenvalue weighted by Gasteiger charge is 2.12. The van der Waals surface area contributed by atoms with E-state index in [0.29, 0.717) is 11.1 Å². The standard InChI is InChI=1S/C14H8ClNO3S/c15-11-7-8(5-6-9(11)14(18)19)16-13(17)10-3-1-2-4-12(10)20-16/h1-7H,(H,18,19). The molecule has 0 atom stereocenters. The van der Waals surface area contributed by atoms with Gasteiger partial charge in [-0.05, 0) is 30.3 Å². The van der Waals surface area contributed by atoms with Gasteiger partial charge < -0.3 is 5.11 Å². The van der Waals surface area contributed by atoms with Gasteiger partial charge in [-0.15, -0.1) is 0 Å². The summed E-state index contributed by atoms with van der Waals surface area (Å²) in [4.78, 5) is 23.2. The van der Waals surface area contributed by atoms with Gasteiger partial charge >= 0.3 is 5.97 Å². The maximum absolute atomic E-state index is 12.3. The molecule has 0 radical (unpaired) electrons. The summed E-state index contributed by atoms with van der Waals surface area (Å²) in [6.45, 7) is 0. The molecule has 100 valence electrons. The van der Waals surface area contributed by atoms with Crippen molar-refractivity contribution >= 4 is 39.2 Å². The third-order valence-corrected chi connectivity index (χ3v) is 4.33. The zero-order valence-corrected chi connectivity index (χ0v) is 11.6. The monoisotopic (exact) mass is 305 g/mol. The summed E-state index contributed by atoms with van der Waals surface area (Å²) in [5.41, 5.74) is 0.445. The molecular weight excluding hydrogens is 298 g/mol. The fourth-order valence-electron chi connectivity index (χ4n) is 1.95. The SMILES string of the molecule is O=C(O)c1ccc(-n2sc3ccccc3c2=O)cc1Cl. The number of carboxylic acids is 1. The van der Waals surface area contributed by atoms with Crippen LogP contribution >= 0.6 is 23.1 Å². The topological polar surface area (TPSA) is 59.3 Å². The van der Waals surface area contributed by atoms with Crippen molar-refractivity contribution in [2.24, 2.45) is 0 Å². The Kier molecular flexibility index (Phi) is 3.08. The number of rotatable bonds is 2. The zero-order chi connectivity index (χ0) is 14.3. The molecule has 3 rings (SSSR count). The number of hydrogen-bond acceptors (Lipinski definition) is 3. The van der Waals surface area contributed by atoms with Crippen molar-refractivity contribution in [3.05, 3.63) is 63.4 Å². The van der Waals surface area contributed by atoms with Gasteiger partial charge in [0.1, 0.15) is 0 Å². The van der Waals surface area contributed by atoms with Crippen molar-refractivity contribution in [3.8, 4) is 5.69 Å². The van der Waals surface area contributed by atoms with Crippen molar-refractivity contribution in [2.75, 3.05) is 0 Å². The van der Waals surface area contributed by atoms with Crippen LogP contribution in [-0.4, -0.2) is 15.0 Å². The van der Waals surface area contributed by atoms with Gasteiger partial charge in [-0.1, -0.05) is 35.3 Å². The quantitative estimate of drug-likeness (QED) is 0.789. The number of hydrogen-bond donors (Lipinski definition) is 1. The fourth-order valence-corrected chi connectivity index (χ4v) is 3.19. The zero-order valence-electron chi connectivity index (χ0n) is 10.0. The first kappa shape index (κ1) is 12.9. The molecule has 2 aromatic carbocycles. The smallest absolute Gasteiger partial charge is 0.337 e. The second-order valence-corrected chi connectivity index (χ2v) is 5.55. The van der Waals surface area contributed by atoms with Crippen molar-refractivity contribution in [3.63, 3.8) is 0 Å². The van der Waals surface area contributed by atoms with Gasteiger partial charge in [-0.2, -0.15) is 0 Å². The molecule has 0 aliphatic carbocycles. The van der Waals surface area contributed by atoms with Crippen molar-refractivity contribution in [1.29, 1.82) is 0 Å². The average Bonchev–Trinajstić information content (AvgIpc) is 2.76. The number of fused-ring (bicyclic) bond motifs is 1. The highest BCUT2D eigenvalue weighted by atomic mass is 35.5. The number of carboxylic acid groups (broad SMARTS) is 1. The predicted molar refractivity (Wildman–Crippen MR) is 79.4 cm³/mol. The second kappa shape index (κ2) is 4.77. The third-order valence-electron chi connectivity index (χ3n) is 2.91. The molecule has 0 unspecified atom stereocenters. The van der Waals surface area contributed by atoms with Crippen LogP contribution in [0, 0.1) is 0 Å². The Morgan fingerprint density at radius 3 is 2.60 bits per heavy atom. The van der Waals surface area contributed by atoms with Crippen LogP contribution in [0.4, 0.5) is 0 Å². The lowest BCUT2D eigenvalue weighted by Crippen LogP contribution is -2.11. The van der Waals surface area contributed by atoms with Crippen LogP contribution in [0.15, 0.2) is 47.3 Å². The van der Waals surface area contributed by atoms with Crippen molar-refractivity contribution in [2.45, 2.75) is 0 Å². The number of carbonyl (C=O) groups is 1. The van der Waals surface area contributed by atoms with Crippen LogP contribution < -0.4 is 5.56 Å². The third kappa shape index (κ3) is 2.01. The van der Waals surface area contributed by atoms with Crippen LogP contribution in [0.3, 0.4) is 0 Å². The molecule has 0 fully saturated rings. The molecule has 0 amide bonds. The van der Waals surface area contributed by atoms with Crippen LogP contribution in [0.5, 0.6) is 0 Å². The van der Waals surface area contributed by atoms with E-state index in [1.807, 2.05) is 12.1 Å². The molecule has 0 aliphatic heterocycles. The van der Waals surface area contributed by atoms with E-state index in [4.69, 9.17) is 16.7 Å². The van der Waals surface area contributed by atoms with E-state index in [1.165, 1.54) is 27.6 Å². The summed E-state index contributed by atoms with van der Waals surface area (Å²) in [5, 5.41) is 9.69. The number of halogens is 1. The highest BCUT2D eigenvalue weighted by molar-refractivity contribution is 7.14. The lowest BCUT2D eigenvalue weighted by molar-refractivity contribution is 0.0697. The summed E-state index contributed by atoms with van der Waals surface area (Å²) in [6.07, 6.45) is 0. The molecule has 0 aliphatic rings. The number of benzene rings is 2. The fraction of sp³-hybridized carbons (Fsp3) is 0. The lowest BCUT2D eigenvalue weighted by Gasteiger charge is -2.03. The first-order valence-electron chi connectivity index (χ1n) is 5.72. The summed E-state index contributed by atoms with van der Waals surface area (Å²) < 4.78 is 2.37. The molecule has 3 aromatic rings. The molecule has 1 heterocycles. The van der Waals surface area contributed by atoms with E-state index in [0.717, 1.165) is 4.70 Å². The van der Waals surface area contributed by atoms with Crippen LogP contribution in [0.25, 0.3) is 15.8 Å². The van der Waals surface area contributed by atoms with E-state index in [9.17, 15) is 9.59 Å². The molecule has 0 saturated carbocycles. The van der Waals surface area contributed by atoms with Gasteiger partial charge in [0.25, 0.3) is 5.56 Å². The predicted octanol–water partition coefficient (Wildman–Crippen LogP) is 3.40. The molecule has 0 spiro atoms. The normalized spacial score (nSPS) is 10.8. The van der Waals surface area contributed by atoms with E-state index < -0.39 is 5.97 Å².